The molecule has 1 fully saturated rings. The van der Waals surface area contributed by atoms with E-state index in [9.17, 15) is 9.18 Å². The molecule has 5 rings (SSSR count). The molecule has 32 heavy (non-hydrogen) atoms. The van der Waals surface area contributed by atoms with E-state index < -0.39 is 0 Å². The van der Waals surface area contributed by atoms with Crippen molar-refractivity contribution >= 4 is 21.8 Å². The average Bonchev–Trinajstić information content (AvgIpc) is 3.14. The number of halogens is 1. The molecule has 2 aromatic carbocycles. The molecule has 0 spiro atoms. The van der Waals surface area contributed by atoms with Gasteiger partial charge in [0.1, 0.15) is 5.82 Å². The van der Waals surface area contributed by atoms with Gasteiger partial charge in [-0.15, -0.1) is 0 Å². The van der Waals surface area contributed by atoms with E-state index in [0.29, 0.717) is 16.9 Å². The van der Waals surface area contributed by atoms with E-state index in [2.05, 4.69) is 30.0 Å². The minimum Gasteiger partial charge on any atom is -0.295 e. The Bertz CT molecular complexity index is 1420. The van der Waals surface area contributed by atoms with Crippen LogP contribution in [0.15, 0.2) is 53.5 Å². The van der Waals surface area contributed by atoms with Crippen LogP contribution in [-0.2, 0) is 5.41 Å². The van der Waals surface area contributed by atoms with E-state index in [1.54, 1.807) is 35.0 Å². The molecule has 6 heteroatoms. The Kier molecular flexibility index (Phi) is 4.85. The first-order chi connectivity index (χ1) is 15.4. The van der Waals surface area contributed by atoms with Gasteiger partial charge >= 0.3 is 0 Å². The molecule has 1 unspecified atom stereocenters. The molecule has 1 N–H and O–H groups in total. The summed E-state index contributed by atoms with van der Waals surface area (Å²) in [6, 6.07) is 14.1. The normalized spacial score (nSPS) is 22.1. The van der Waals surface area contributed by atoms with Gasteiger partial charge < -0.3 is 0 Å². The standard InChI is InChI=1S/C26H25FN4O/c1-16(31-25(32)21-13-17(15-28)3-5-24(21)30-31)18-7-10-26(2,11-8-18)22-9-12-29-23-6-4-19(27)14-20(22)23/h3-6,9,12-14,16,18,30H,7-8,10-11H2,1-2H3. The van der Waals surface area contributed by atoms with Crippen LogP contribution in [0.3, 0.4) is 0 Å². The highest BCUT2D eigenvalue weighted by Gasteiger charge is 2.36. The lowest BCUT2D eigenvalue weighted by Gasteiger charge is -2.40. The Labute approximate surface area is 185 Å². The summed E-state index contributed by atoms with van der Waals surface area (Å²) in [7, 11) is 0. The number of aromatic nitrogens is 3. The van der Waals surface area contributed by atoms with Gasteiger partial charge in [-0.25, -0.2) is 9.07 Å². The van der Waals surface area contributed by atoms with Crippen LogP contribution in [-0.4, -0.2) is 14.8 Å². The third kappa shape index (κ3) is 3.29. The van der Waals surface area contributed by atoms with Crippen molar-refractivity contribution in [2.45, 2.75) is 51.0 Å². The predicted molar refractivity (Wildman–Crippen MR) is 123 cm³/mol. The van der Waals surface area contributed by atoms with Crippen molar-refractivity contribution in [2.24, 2.45) is 5.92 Å². The maximum absolute atomic E-state index is 14.0. The van der Waals surface area contributed by atoms with Crippen LogP contribution in [0.25, 0.3) is 21.8 Å². The molecule has 0 radical (unpaired) electrons. The van der Waals surface area contributed by atoms with Gasteiger partial charge in [-0.2, -0.15) is 5.26 Å². The number of H-pyrrole nitrogens is 1. The lowest BCUT2D eigenvalue weighted by molar-refractivity contribution is 0.189. The van der Waals surface area contributed by atoms with Gasteiger partial charge in [-0.05, 0) is 92.0 Å². The molecule has 2 aromatic heterocycles. The van der Waals surface area contributed by atoms with Crippen LogP contribution in [0, 0.1) is 23.1 Å². The van der Waals surface area contributed by atoms with E-state index in [1.807, 2.05) is 12.3 Å². The third-order valence-electron chi connectivity index (χ3n) is 7.42. The van der Waals surface area contributed by atoms with Gasteiger partial charge in [-0.1, -0.05) is 6.92 Å². The summed E-state index contributed by atoms with van der Waals surface area (Å²) in [6.45, 7) is 4.35. The number of hydrogen-bond acceptors (Lipinski definition) is 3. The molecule has 0 aliphatic heterocycles. The number of nitrogens with zero attached hydrogens (tertiary/aromatic N) is 3. The number of pyridine rings is 1. The Morgan fingerprint density at radius 2 is 1.97 bits per heavy atom. The van der Waals surface area contributed by atoms with Crippen LogP contribution in [0.4, 0.5) is 4.39 Å². The van der Waals surface area contributed by atoms with Crippen molar-refractivity contribution in [3.8, 4) is 6.07 Å². The fraction of sp³-hybridized carbons (Fsp3) is 0.346. The van der Waals surface area contributed by atoms with Crippen molar-refractivity contribution in [2.75, 3.05) is 0 Å². The second-order valence-electron chi connectivity index (χ2n) is 9.32. The van der Waals surface area contributed by atoms with Crippen molar-refractivity contribution < 1.29 is 4.39 Å². The molecule has 0 saturated heterocycles. The highest BCUT2D eigenvalue weighted by atomic mass is 19.1. The Morgan fingerprint density at radius 1 is 1.19 bits per heavy atom. The van der Waals surface area contributed by atoms with Crippen molar-refractivity contribution in [3.63, 3.8) is 0 Å². The summed E-state index contributed by atoms with van der Waals surface area (Å²) >= 11 is 0. The molecule has 2 heterocycles. The highest BCUT2D eigenvalue weighted by Crippen LogP contribution is 2.45. The monoisotopic (exact) mass is 428 g/mol. The van der Waals surface area contributed by atoms with E-state index in [4.69, 9.17) is 5.26 Å². The predicted octanol–water partition coefficient (Wildman–Crippen LogP) is 5.60. The molecule has 1 aliphatic rings. The number of benzene rings is 2. The quantitative estimate of drug-likeness (QED) is 0.462. The first kappa shape index (κ1) is 20.4. The summed E-state index contributed by atoms with van der Waals surface area (Å²) in [5, 5.41) is 13.8. The smallest absolute Gasteiger partial charge is 0.274 e. The first-order valence-electron chi connectivity index (χ1n) is 11.1. The number of nitriles is 1. The highest BCUT2D eigenvalue weighted by molar-refractivity contribution is 5.83. The maximum Gasteiger partial charge on any atom is 0.274 e. The summed E-state index contributed by atoms with van der Waals surface area (Å²) in [5.41, 5.74) is 3.09. The zero-order valence-corrected chi connectivity index (χ0v) is 18.2. The average molecular weight is 429 g/mol. The van der Waals surface area contributed by atoms with Gasteiger partial charge in [0.05, 0.1) is 34.1 Å². The number of fused-ring (bicyclic) bond motifs is 2. The summed E-state index contributed by atoms with van der Waals surface area (Å²) in [4.78, 5) is 17.4. The molecular formula is C26H25FN4O. The zero-order valence-electron chi connectivity index (χ0n) is 18.2. The number of rotatable bonds is 3. The molecule has 4 aromatic rings. The summed E-state index contributed by atoms with van der Waals surface area (Å²) in [5.74, 6) is 0.115. The summed E-state index contributed by atoms with van der Waals surface area (Å²) in [6.07, 6.45) is 5.69. The third-order valence-corrected chi connectivity index (χ3v) is 7.42. The molecule has 0 bridgehead atoms. The molecule has 162 valence electrons. The fourth-order valence-corrected chi connectivity index (χ4v) is 5.37. The van der Waals surface area contributed by atoms with Crippen LogP contribution >= 0.6 is 0 Å². The van der Waals surface area contributed by atoms with Gasteiger partial charge in [-0.3, -0.25) is 14.9 Å². The zero-order chi connectivity index (χ0) is 22.5. The van der Waals surface area contributed by atoms with Gasteiger partial charge in [0.25, 0.3) is 5.56 Å². The van der Waals surface area contributed by atoms with Gasteiger partial charge in [0.15, 0.2) is 0 Å². The largest absolute Gasteiger partial charge is 0.295 e. The topological polar surface area (TPSA) is 74.5 Å². The Morgan fingerprint density at radius 3 is 2.72 bits per heavy atom. The molecule has 1 saturated carbocycles. The van der Waals surface area contributed by atoms with Crippen molar-refractivity contribution in [3.05, 3.63) is 76.0 Å². The fourth-order valence-electron chi connectivity index (χ4n) is 5.37. The number of aromatic amines is 1. The van der Waals surface area contributed by atoms with Crippen LogP contribution in [0.5, 0.6) is 0 Å². The summed E-state index contributed by atoms with van der Waals surface area (Å²) < 4.78 is 15.7. The molecule has 1 atom stereocenters. The van der Waals surface area contributed by atoms with Crippen molar-refractivity contribution in [1.29, 1.82) is 5.26 Å². The van der Waals surface area contributed by atoms with Crippen molar-refractivity contribution in [1.82, 2.24) is 14.8 Å². The van der Waals surface area contributed by atoms with Crippen LogP contribution < -0.4 is 5.56 Å². The SMILES string of the molecule is CC(C1CCC(C)(c2ccnc3ccc(F)cc23)CC1)n1[nH]c2ccc(C#N)cc2c1=O. The minimum absolute atomic E-state index is 0.0246. The molecule has 1 aliphatic carbocycles. The van der Waals surface area contributed by atoms with E-state index >= 15 is 0 Å². The van der Waals surface area contributed by atoms with Gasteiger partial charge in [0, 0.05) is 11.6 Å². The minimum atomic E-state index is -0.240. The molecule has 0 amide bonds. The second kappa shape index (κ2) is 7.59. The number of hydrogen-bond donors (Lipinski definition) is 1. The molecule has 5 nitrogen and oxygen atoms in total. The Balaban J connectivity index is 1.41. The van der Waals surface area contributed by atoms with E-state index in [-0.39, 0.29) is 22.8 Å². The van der Waals surface area contributed by atoms with E-state index in [1.165, 1.54) is 6.07 Å². The second-order valence-corrected chi connectivity index (χ2v) is 9.32. The van der Waals surface area contributed by atoms with Gasteiger partial charge in [0.2, 0.25) is 0 Å². The first-order valence-corrected chi connectivity index (χ1v) is 11.1. The van der Waals surface area contributed by atoms with E-state index in [0.717, 1.165) is 47.7 Å². The van der Waals surface area contributed by atoms with Crippen LogP contribution in [0.1, 0.15) is 56.7 Å². The lowest BCUT2D eigenvalue weighted by atomic mass is 9.66. The molecular weight excluding hydrogens is 403 g/mol. The van der Waals surface area contributed by atoms with Crippen LogP contribution in [0.2, 0.25) is 0 Å². The lowest BCUT2D eigenvalue weighted by Crippen LogP contribution is -2.34. The number of nitrogens with one attached hydrogen (secondary N) is 1. The Hall–Kier alpha value is -3.46. The maximum atomic E-state index is 14.0.